The van der Waals surface area contributed by atoms with Crippen molar-refractivity contribution >= 4 is 12.2 Å². The second kappa shape index (κ2) is 3.83. The molecule has 0 aliphatic rings. The van der Waals surface area contributed by atoms with Crippen molar-refractivity contribution in [1.82, 2.24) is 4.98 Å². The largest absolute Gasteiger partial charge is 0.392 e. The number of aromatic nitrogens is 1. The van der Waals surface area contributed by atoms with Gasteiger partial charge >= 0.3 is 0 Å². The molecule has 0 saturated heterocycles. The van der Waals surface area contributed by atoms with Gasteiger partial charge in [-0.05, 0) is 11.3 Å². The maximum atomic E-state index is 8.93. The highest BCUT2D eigenvalue weighted by molar-refractivity contribution is 5.54. The molecule has 0 aliphatic heterocycles. The third-order valence-corrected chi connectivity index (χ3v) is 1.61. The van der Waals surface area contributed by atoms with Crippen LogP contribution in [0.5, 0.6) is 0 Å². The predicted molar refractivity (Wildman–Crippen MR) is 49.7 cm³/mol. The van der Waals surface area contributed by atoms with Crippen LogP contribution in [-0.2, 0) is 0 Å². The summed E-state index contributed by atoms with van der Waals surface area (Å²) in [4.78, 5) is 4.09. The molecule has 62 valence electrons. The maximum Gasteiger partial charge on any atom is 0.0750 e. The fraction of sp³-hybridized carbons (Fsp3) is 0.100. The predicted octanol–water partition coefficient (Wildman–Crippen LogP) is -0.179. The zero-order chi connectivity index (χ0) is 8.97. The van der Waals surface area contributed by atoms with Crippen LogP contribution in [0.15, 0.2) is 31.0 Å². The lowest BCUT2D eigenvalue weighted by Gasteiger charge is -1.94. The molecule has 1 rings (SSSR count). The molecule has 0 fully saturated rings. The number of aliphatic hydroxyl groups excluding tert-OH is 1. The van der Waals surface area contributed by atoms with Gasteiger partial charge in [0.15, 0.2) is 0 Å². The van der Waals surface area contributed by atoms with Crippen molar-refractivity contribution < 1.29 is 5.11 Å². The highest BCUT2D eigenvalue weighted by atomic mass is 16.3. The second-order valence-corrected chi connectivity index (χ2v) is 2.40. The van der Waals surface area contributed by atoms with E-state index in [0.29, 0.717) is 5.57 Å². The van der Waals surface area contributed by atoms with Gasteiger partial charge in [0, 0.05) is 11.8 Å². The Labute approximate surface area is 71.2 Å². The maximum absolute atomic E-state index is 8.93. The zero-order valence-corrected chi connectivity index (χ0v) is 6.83. The van der Waals surface area contributed by atoms with E-state index in [2.05, 4.69) is 18.1 Å². The number of rotatable bonds is 2. The number of hydrogen-bond acceptors (Lipinski definition) is 2. The first-order chi connectivity index (χ1) is 5.79. The molecule has 0 aliphatic carbocycles. The van der Waals surface area contributed by atoms with E-state index in [1.54, 1.807) is 12.3 Å². The van der Waals surface area contributed by atoms with E-state index < -0.39 is 0 Å². The van der Waals surface area contributed by atoms with Crippen molar-refractivity contribution in [2.75, 3.05) is 6.61 Å². The summed E-state index contributed by atoms with van der Waals surface area (Å²) >= 11 is 0. The molecule has 0 unspecified atom stereocenters. The lowest BCUT2D eigenvalue weighted by molar-refractivity contribution is 0.350. The molecule has 0 radical (unpaired) electrons. The summed E-state index contributed by atoms with van der Waals surface area (Å²) in [5.74, 6) is 0. The van der Waals surface area contributed by atoms with E-state index >= 15 is 0 Å². The van der Waals surface area contributed by atoms with Crippen molar-refractivity contribution in [1.29, 1.82) is 0 Å². The normalized spacial score (nSPS) is 12.4. The Bertz CT molecular complexity index is 381. The highest BCUT2D eigenvalue weighted by Gasteiger charge is 1.91. The molecule has 0 amide bonds. The molecule has 1 aromatic heterocycles. The summed E-state index contributed by atoms with van der Waals surface area (Å²) < 4.78 is 0. The first-order valence-corrected chi connectivity index (χ1v) is 3.66. The van der Waals surface area contributed by atoms with Crippen molar-refractivity contribution in [3.8, 4) is 0 Å². The molecular formula is C10H11NO. The molecule has 12 heavy (non-hydrogen) atoms. The van der Waals surface area contributed by atoms with Crippen molar-refractivity contribution in [2.45, 2.75) is 0 Å². The lowest BCUT2D eigenvalue weighted by atomic mass is 10.2. The molecule has 0 saturated carbocycles. The van der Waals surface area contributed by atoms with Gasteiger partial charge in [-0.15, -0.1) is 0 Å². The Morgan fingerprint density at radius 2 is 2.42 bits per heavy atom. The minimum Gasteiger partial charge on any atom is -0.392 e. The molecule has 0 bridgehead atoms. The van der Waals surface area contributed by atoms with Gasteiger partial charge in [-0.1, -0.05) is 25.3 Å². The number of hydrogen-bond donors (Lipinski definition) is 1. The van der Waals surface area contributed by atoms with Crippen LogP contribution in [-0.4, -0.2) is 16.7 Å². The summed E-state index contributed by atoms with van der Waals surface area (Å²) in [6.07, 6.45) is 3.26. The minimum atomic E-state index is -0.0525. The van der Waals surface area contributed by atoms with E-state index in [1.165, 1.54) is 0 Å². The Morgan fingerprint density at radius 3 is 2.92 bits per heavy atom. The number of aliphatic hydroxyl groups is 1. The van der Waals surface area contributed by atoms with Gasteiger partial charge in [-0.3, -0.25) is 4.98 Å². The molecule has 2 nitrogen and oxygen atoms in total. The summed E-state index contributed by atoms with van der Waals surface area (Å²) in [6, 6.07) is 3.66. The van der Waals surface area contributed by atoms with Crippen LogP contribution in [0.3, 0.4) is 0 Å². The first kappa shape index (κ1) is 8.68. The van der Waals surface area contributed by atoms with E-state index in [1.807, 2.05) is 12.1 Å². The van der Waals surface area contributed by atoms with Gasteiger partial charge in [0.05, 0.1) is 12.0 Å². The second-order valence-electron chi connectivity index (χ2n) is 2.40. The molecular weight excluding hydrogens is 150 g/mol. The first-order valence-electron chi connectivity index (χ1n) is 3.66. The van der Waals surface area contributed by atoms with Crippen LogP contribution in [0.25, 0.3) is 12.2 Å². The highest BCUT2D eigenvalue weighted by Crippen LogP contribution is 1.87. The molecule has 0 atom stereocenters. The van der Waals surface area contributed by atoms with Crippen molar-refractivity contribution in [3.05, 3.63) is 41.6 Å². The van der Waals surface area contributed by atoms with Gasteiger partial charge in [-0.2, -0.15) is 0 Å². The van der Waals surface area contributed by atoms with Gasteiger partial charge in [0.1, 0.15) is 0 Å². The van der Waals surface area contributed by atoms with Crippen molar-refractivity contribution in [3.63, 3.8) is 0 Å². The van der Waals surface area contributed by atoms with Gasteiger partial charge in [-0.25, -0.2) is 0 Å². The zero-order valence-electron chi connectivity index (χ0n) is 6.83. The topological polar surface area (TPSA) is 33.1 Å². The average molecular weight is 161 g/mol. The van der Waals surface area contributed by atoms with E-state index in [4.69, 9.17) is 5.11 Å². The third kappa shape index (κ3) is 1.60. The van der Waals surface area contributed by atoms with Gasteiger partial charge in [0.2, 0.25) is 0 Å². The SMILES string of the molecule is C=CC(CO)=c1ncccc1=C. The quantitative estimate of drug-likeness (QED) is 0.652. The fourth-order valence-corrected chi connectivity index (χ4v) is 0.964. The Kier molecular flexibility index (Phi) is 2.77. The Hall–Kier alpha value is -1.41. The van der Waals surface area contributed by atoms with E-state index in [0.717, 1.165) is 10.6 Å². The van der Waals surface area contributed by atoms with Crippen LogP contribution in [0.4, 0.5) is 0 Å². The van der Waals surface area contributed by atoms with E-state index in [9.17, 15) is 0 Å². The van der Waals surface area contributed by atoms with Crippen molar-refractivity contribution in [2.24, 2.45) is 0 Å². The van der Waals surface area contributed by atoms with Crippen LogP contribution in [0.1, 0.15) is 0 Å². The van der Waals surface area contributed by atoms with Crippen LogP contribution in [0, 0.1) is 0 Å². The Balaban J connectivity index is 3.53. The Morgan fingerprint density at radius 1 is 1.67 bits per heavy atom. The van der Waals surface area contributed by atoms with Crippen LogP contribution >= 0.6 is 0 Å². The van der Waals surface area contributed by atoms with Crippen LogP contribution in [0.2, 0.25) is 0 Å². The molecule has 1 aromatic rings. The van der Waals surface area contributed by atoms with Crippen LogP contribution < -0.4 is 10.6 Å². The van der Waals surface area contributed by atoms with E-state index in [-0.39, 0.29) is 6.61 Å². The number of pyridine rings is 1. The van der Waals surface area contributed by atoms with Gasteiger partial charge in [0.25, 0.3) is 0 Å². The summed E-state index contributed by atoms with van der Waals surface area (Å²) in [5, 5.41) is 10.5. The average Bonchev–Trinajstić information content (AvgIpc) is 2.10. The summed E-state index contributed by atoms with van der Waals surface area (Å²) in [6.45, 7) is 7.33. The monoisotopic (exact) mass is 161 g/mol. The molecule has 0 spiro atoms. The molecule has 1 heterocycles. The molecule has 1 N–H and O–H groups in total. The lowest BCUT2D eigenvalue weighted by Crippen LogP contribution is -2.29. The van der Waals surface area contributed by atoms with Gasteiger partial charge < -0.3 is 5.11 Å². The molecule has 0 aromatic carbocycles. The summed E-state index contributed by atoms with van der Waals surface area (Å²) in [7, 11) is 0. The summed E-state index contributed by atoms with van der Waals surface area (Å²) in [5.41, 5.74) is 0.709. The minimum absolute atomic E-state index is 0.0525. The standard InChI is InChI=1S/C10H11NO/c1-3-9(7-12)10-8(2)5-4-6-11-10/h3-6,12H,1-2,7H2. The fourth-order valence-electron chi connectivity index (χ4n) is 0.964. The molecule has 2 heteroatoms. The third-order valence-electron chi connectivity index (χ3n) is 1.61. The number of nitrogens with zero attached hydrogens (tertiary/aromatic N) is 1. The smallest absolute Gasteiger partial charge is 0.0750 e.